The molecule has 4 heteroatoms. The van der Waals surface area contributed by atoms with Crippen LogP contribution in [-0.4, -0.2) is 41.9 Å². The van der Waals surface area contributed by atoms with Crippen molar-refractivity contribution in [2.45, 2.75) is 71.2 Å². The summed E-state index contributed by atoms with van der Waals surface area (Å²) in [4.78, 5) is 2.61. The van der Waals surface area contributed by atoms with Gasteiger partial charge in [0, 0.05) is 18.1 Å². The molecule has 0 aromatic carbocycles. The van der Waals surface area contributed by atoms with E-state index < -0.39 is 0 Å². The van der Waals surface area contributed by atoms with Crippen molar-refractivity contribution < 1.29 is 4.74 Å². The Kier molecular flexibility index (Phi) is 5.71. The van der Waals surface area contributed by atoms with Gasteiger partial charge in [0.05, 0.1) is 6.61 Å². The first-order valence-corrected chi connectivity index (χ1v) is 7.47. The highest BCUT2D eigenvalue weighted by atomic mass is 35.5. The number of piperidine rings is 1. The van der Waals surface area contributed by atoms with Crippen molar-refractivity contribution in [3.63, 3.8) is 0 Å². The van der Waals surface area contributed by atoms with Gasteiger partial charge in [-0.05, 0) is 66.3 Å². The lowest BCUT2D eigenvalue weighted by molar-refractivity contribution is -0.0245. The average molecular weight is 291 g/mol. The highest BCUT2D eigenvalue weighted by Gasteiger charge is 2.41. The number of ether oxygens (including phenoxy) is 1. The molecule has 2 atom stereocenters. The molecule has 2 aliphatic rings. The molecule has 0 saturated carbocycles. The van der Waals surface area contributed by atoms with E-state index in [-0.39, 0.29) is 23.7 Å². The second-order valence-corrected chi connectivity index (χ2v) is 7.33. The third-order valence-electron chi connectivity index (χ3n) is 4.31. The number of halogens is 1. The average Bonchev–Trinajstić information content (AvgIpc) is 2.53. The molecule has 0 amide bonds. The maximum atomic E-state index is 6.02. The summed E-state index contributed by atoms with van der Waals surface area (Å²) in [6.45, 7) is 14.6. The van der Waals surface area contributed by atoms with Crippen LogP contribution in [-0.2, 0) is 4.74 Å². The molecule has 0 spiro atoms. The Morgan fingerprint density at radius 3 is 2.53 bits per heavy atom. The Morgan fingerprint density at radius 1 is 1.32 bits per heavy atom. The second-order valence-electron chi connectivity index (χ2n) is 7.33. The summed E-state index contributed by atoms with van der Waals surface area (Å²) in [5.41, 5.74) is 0.00923. The Bertz CT molecular complexity index is 296. The van der Waals surface area contributed by atoms with Crippen LogP contribution in [0.1, 0.15) is 53.9 Å². The first-order chi connectivity index (χ1) is 8.30. The molecule has 2 aliphatic heterocycles. The highest BCUT2D eigenvalue weighted by Crippen LogP contribution is 2.32. The molecule has 2 saturated heterocycles. The summed E-state index contributed by atoms with van der Waals surface area (Å²) in [5, 5.41) is 3.66. The molecule has 0 bridgehead atoms. The van der Waals surface area contributed by atoms with Gasteiger partial charge in [-0.25, -0.2) is 0 Å². The minimum atomic E-state index is -0.117. The van der Waals surface area contributed by atoms with E-state index in [4.69, 9.17) is 4.74 Å². The summed E-state index contributed by atoms with van der Waals surface area (Å²) in [5.74, 6) is 0.771. The van der Waals surface area contributed by atoms with Crippen molar-refractivity contribution in [2.75, 3.05) is 19.7 Å². The van der Waals surface area contributed by atoms with Crippen molar-refractivity contribution in [1.29, 1.82) is 0 Å². The van der Waals surface area contributed by atoms with Gasteiger partial charge in [-0.1, -0.05) is 0 Å². The van der Waals surface area contributed by atoms with Crippen molar-refractivity contribution in [3.05, 3.63) is 0 Å². The highest BCUT2D eigenvalue weighted by molar-refractivity contribution is 5.85. The van der Waals surface area contributed by atoms with E-state index in [1.807, 2.05) is 0 Å². The summed E-state index contributed by atoms with van der Waals surface area (Å²) in [7, 11) is 0. The monoisotopic (exact) mass is 290 g/mol. The molecule has 0 aliphatic carbocycles. The van der Waals surface area contributed by atoms with E-state index in [2.05, 4.69) is 44.8 Å². The topological polar surface area (TPSA) is 24.5 Å². The fourth-order valence-corrected chi connectivity index (χ4v) is 3.52. The van der Waals surface area contributed by atoms with Crippen molar-refractivity contribution >= 4 is 12.4 Å². The van der Waals surface area contributed by atoms with E-state index >= 15 is 0 Å². The molecule has 114 valence electrons. The molecule has 2 heterocycles. The van der Waals surface area contributed by atoms with Crippen molar-refractivity contribution in [1.82, 2.24) is 10.2 Å². The molecule has 3 nitrogen and oxygen atoms in total. The van der Waals surface area contributed by atoms with Crippen LogP contribution in [0.4, 0.5) is 0 Å². The maximum absolute atomic E-state index is 6.02. The Morgan fingerprint density at radius 2 is 2.00 bits per heavy atom. The molecule has 0 aromatic rings. The number of nitrogens with zero attached hydrogens (tertiary/aromatic N) is 1. The second kappa shape index (κ2) is 6.30. The van der Waals surface area contributed by atoms with E-state index in [1.165, 1.54) is 25.9 Å². The zero-order valence-electron chi connectivity index (χ0n) is 13.2. The quantitative estimate of drug-likeness (QED) is 0.865. The third kappa shape index (κ3) is 4.59. The predicted molar refractivity (Wildman–Crippen MR) is 82.9 cm³/mol. The minimum Gasteiger partial charge on any atom is -0.359 e. The van der Waals surface area contributed by atoms with Crippen LogP contribution in [0.25, 0.3) is 0 Å². The summed E-state index contributed by atoms with van der Waals surface area (Å²) in [6, 6.07) is 0.675. The van der Waals surface area contributed by atoms with Gasteiger partial charge in [0.25, 0.3) is 0 Å². The first-order valence-electron chi connectivity index (χ1n) is 7.47. The van der Waals surface area contributed by atoms with Gasteiger partial charge in [-0.3, -0.25) is 5.32 Å². The first kappa shape index (κ1) is 17.2. The summed E-state index contributed by atoms with van der Waals surface area (Å²) >= 11 is 0. The Labute approximate surface area is 124 Å². The van der Waals surface area contributed by atoms with Gasteiger partial charge < -0.3 is 9.64 Å². The van der Waals surface area contributed by atoms with Crippen molar-refractivity contribution in [3.8, 4) is 0 Å². The number of hydrogen-bond donors (Lipinski definition) is 1. The summed E-state index contributed by atoms with van der Waals surface area (Å²) in [6.07, 6.45) is 3.83. The molecular weight excluding hydrogens is 260 g/mol. The van der Waals surface area contributed by atoms with Crippen LogP contribution < -0.4 is 5.32 Å². The minimum absolute atomic E-state index is 0. The van der Waals surface area contributed by atoms with Crippen molar-refractivity contribution in [2.24, 2.45) is 5.92 Å². The standard InChI is InChI=1S/C15H30N2O.ClH/c1-12(2)17-8-6-7-13(10-17)9-15(5)16-14(3,4)11-18-15;/h12-13,16H,6-11H2,1-5H3;1H. The number of likely N-dealkylation sites (tertiary alicyclic amines) is 1. The van der Waals surface area contributed by atoms with Crippen LogP contribution in [0, 0.1) is 5.92 Å². The fourth-order valence-electron chi connectivity index (χ4n) is 3.52. The van der Waals surface area contributed by atoms with Gasteiger partial charge in [0.1, 0.15) is 5.72 Å². The van der Waals surface area contributed by atoms with Gasteiger partial charge >= 0.3 is 0 Å². The van der Waals surface area contributed by atoms with Crippen LogP contribution >= 0.6 is 12.4 Å². The maximum Gasteiger partial charge on any atom is 0.117 e. The normalized spacial score (nSPS) is 35.4. The largest absolute Gasteiger partial charge is 0.359 e. The van der Waals surface area contributed by atoms with Gasteiger partial charge in [-0.2, -0.15) is 0 Å². The Hall–Kier alpha value is 0.170. The zero-order valence-corrected chi connectivity index (χ0v) is 14.0. The molecule has 2 fully saturated rings. The van der Waals surface area contributed by atoms with E-state index in [1.54, 1.807) is 0 Å². The van der Waals surface area contributed by atoms with Crippen LogP contribution in [0.15, 0.2) is 0 Å². The Balaban J connectivity index is 0.00000180. The van der Waals surface area contributed by atoms with E-state index in [9.17, 15) is 0 Å². The molecular formula is C15H31ClN2O. The van der Waals surface area contributed by atoms with E-state index in [0.29, 0.717) is 6.04 Å². The fraction of sp³-hybridized carbons (Fsp3) is 1.00. The smallest absolute Gasteiger partial charge is 0.117 e. The molecule has 19 heavy (non-hydrogen) atoms. The predicted octanol–water partition coefficient (Wildman–Crippen LogP) is 3.03. The van der Waals surface area contributed by atoms with Gasteiger partial charge in [0.15, 0.2) is 0 Å². The third-order valence-corrected chi connectivity index (χ3v) is 4.31. The number of hydrogen-bond acceptors (Lipinski definition) is 3. The molecule has 2 rings (SSSR count). The molecule has 1 N–H and O–H groups in total. The van der Waals surface area contributed by atoms with E-state index in [0.717, 1.165) is 18.9 Å². The molecule has 0 radical (unpaired) electrons. The number of nitrogens with one attached hydrogen (secondary N) is 1. The SMILES string of the molecule is CC(C)N1CCCC(CC2(C)NC(C)(C)CO2)C1.Cl. The summed E-state index contributed by atoms with van der Waals surface area (Å²) < 4.78 is 6.02. The zero-order chi connectivity index (χ0) is 13.4. The number of rotatable bonds is 3. The molecule has 0 aromatic heterocycles. The van der Waals surface area contributed by atoms with Gasteiger partial charge in [0.2, 0.25) is 0 Å². The lowest BCUT2D eigenvalue weighted by Gasteiger charge is -2.38. The lowest BCUT2D eigenvalue weighted by atomic mass is 9.89. The lowest BCUT2D eigenvalue weighted by Crippen LogP contribution is -2.49. The van der Waals surface area contributed by atoms with Gasteiger partial charge in [-0.15, -0.1) is 12.4 Å². The van der Waals surface area contributed by atoms with Crippen LogP contribution in [0.5, 0.6) is 0 Å². The van der Waals surface area contributed by atoms with Crippen LogP contribution in [0.2, 0.25) is 0 Å². The van der Waals surface area contributed by atoms with Crippen LogP contribution in [0.3, 0.4) is 0 Å². The molecule has 2 unspecified atom stereocenters.